The Hall–Kier alpha value is -1.46. The summed E-state index contributed by atoms with van der Waals surface area (Å²) in [6.07, 6.45) is 6.42. The smallest absolute Gasteiger partial charge is 0.119 e. The number of benzene rings is 1. The summed E-state index contributed by atoms with van der Waals surface area (Å²) in [6.45, 7) is 20.8. The van der Waals surface area contributed by atoms with E-state index < -0.39 is 0 Å². The van der Waals surface area contributed by atoms with Crippen LogP contribution < -0.4 is 4.74 Å². The molecule has 1 aromatic carbocycles. The Morgan fingerprint density at radius 2 is 0.691 bits per heavy atom. The largest absolute Gasteiger partial charge is 0.491 e. The van der Waals surface area contributed by atoms with E-state index in [9.17, 15) is 0 Å². The summed E-state index contributed by atoms with van der Waals surface area (Å²) in [5, 5.41) is 8.60. The lowest BCUT2D eigenvalue weighted by molar-refractivity contribution is -0.0280. The van der Waals surface area contributed by atoms with Gasteiger partial charge in [0.2, 0.25) is 0 Å². The van der Waals surface area contributed by atoms with Crippen molar-refractivity contribution < 1.29 is 61.9 Å². The second kappa shape index (κ2) is 40.7. The van der Waals surface area contributed by atoms with Crippen LogP contribution in [0, 0.1) is 11.8 Å². The Bertz CT molecular complexity index is 891. The molecule has 0 aliphatic heterocycles. The van der Waals surface area contributed by atoms with Crippen LogP contribution in [0.3, 0.4) is 0 Å². The zero-order valence-corrected chi connectivity index (χ0v) is 34.9. The first-order valence-electron chi connectivity index (χ1n) is 20.7. The van der Waals surface area contributed by atoms with Gasteiger partial charge in [0.05, 0.1) is 152 Å². The quantitative estimate of drug-likeness (QED) is 0.0826. The fraction of sp³-hybridized carbons (Fsp3) is 0.857. The molecule has 13 heteroatoms. The number of aliphatic hydroxyl groups excluding tert-OH is 1. The molecular weight excluding hydrogens is 712 g/mol. The minimum atomic E-state index is 0.0250. The van der Waals surface area contributed by atoms with Gasteiger partial charge in [0.1, 0.15) is 12.4 Å². The number of unbranched alkanes of at least 4 members (excludes halogenated alkanes) is 1. The molecule has 0 aliphatic carbocycles. The number of hydrogen-bond acceptors (Lipinski definition) is 13. The van der Waals surface area contributed by atoms with Crippen molar-refractivity contribution in [3.05, 3.63) is 29.8 Å². The highest BCUT2D eigenvalue weighted by Crippen LogP contribution is 2.30. The topological polar surface area (TPSA) is 131 Å². The predicted octanol–water partition coefficient (Wildman–Crippen LogP) is 5.59. The Morgan fingerprint density at radius 1 is 0.382 bits per heavy atom. The van der Waals surface area contributed by atoms with Gasteiger partial charge < -0.3 is 61.9 Å². The molecule has 0 unspecified atom stereocenters. The molecule has 0 bridgehead atoms. The number of hydrogen-bond donors (Lipinski definition) is 1. The van der Waals surface area contributed by atoms with E-state index in [0.717, 1.165) is 11.7 Å². The molecule has 0 aromatic heterocycles. The van der Waals surface area contributed by atoms with Crippen LogP contribution in [0.5, 0.6) is 5.75 Å². The molecule has 1 rings (SSSR count). The van der Waals surface area contributed by atoms with Crippen molar-refractivity contribution in [1.29, 1.82) is 0 Å². The molecule has 0 amide bonds. The summed E-state index contributed by atoms with van der Waals surface area (Å²) in [5.74, 6) is 2.99. The first-order valence-corrected chi connectivity index (χ1v) is 20.7. The standard InChI is InChI=1S/C42H78O13/c1-38(2)7-5-6-8-41(37-39(3)4)40-9-11-42(12-10-40)55-36-35-54-34-33-53-32-31-52-30-29-51-28-27-50-26-25-49-24-23-48-22-21-47-20-19-46-18-17-45-16-15-44-14-13-43/h9-12,38-39,41,43H,5-8,13-37H2,1-4H3/t41-/m0/s1. The van der Waals surface area contributed by atoms with E-state index in [1.165, 1.54) is 37.7 Å². The Labute approximate surface area is 333 Å². The zero-order chi connectivity index (χ0) is 39.7. The van der Waals surface area contributed by atoms with Crippen LogP contribution in [0.25, 0.3) is 0 Å². The van der Waals surface area contributed by atoms with Crippen LogP contribution in [0.4, 0.5) is 0 Å². The number of aliphatic hydroxyl groups is 1. The van der Waals surface area contributed by atoms with Gasteiger partial charge in [-0.15, -0.1) is 0 Å². The average molecular weight is 791 g/mol. The predicted molar refractivity (Wildman–Crippen MR) is 214 cm³/mol. The van der Waals surface area contributed by atoms with Crippen molar-refractivity contribution in [2.75, 3.05) is 159 Å². The van der Waals surface area contributed by atoms with Gasteiger partial charge in [-0.1, -0.05) is 59.1 Å². The van der Waals surface area contributed by atoms with E-state index in [2.05, 4.69) is 52.0 Å². The van der Waals surface area contributed by atoms with E-state index in [1.54, 1.807) is 0 Å². The van der Waals surface area contributed by atoms with Gasteiger partial charge in [-0.3, -0.25) is 0 Å². The fourth-order valence-corrected chi connectivity index (χ4v) is 5.35. The van der Waals surface area contributed by atoms with Crippen molar-refractivity contribution >= 4 is 0 Å². The van der Waals surface area contributed by atoms with Crippen molar-refractivity contribution in [3.63, 3.8) is 0 Å². The molecule has 0 spiro atoms. The van der Waals surface area contributed by atoms with Crippen LogP contribution in [0.15, 0.2) is 24.3 Å². The molecule has 1 aromatic rings. The number of rotatable bonds is 44. The maximum absolute atomic E-state index is 8.60. The first-order chi connectivity index (χ1) is 27.0. The highest BCUT2D eigenvalue weighted by molar-refractivity contribution is 5.29. The second-order valence-corrected chi connectivity index (χ2v) is 13.9. The van der Waals surface area contributed by atoms with E-state index in [0.29, 0.717) is 164 Å². The third-order valence-electron chi connectivity index (χ3n) is 8.14. The highest BCUT2D eigenvalue weighted by Gasteiger charge is 2.14. The van der Waals surface area contributed by atoms with Crippen molar-refractivity contribution in [3.8, 4) is 5.75 Å². The Balaban J connectivity index is 1.78. The van der Waals surface area contributed by atoms with E-state index in [4.69, 9.17) is 61.9 Å². The molecule has 0 saturated heterocycles. The maximum atomic E-state index is 8.60. The van der Waals surface area contributed by atoms with Gasteiger partial charge in [0.25, 0.3) is 0 Å². The molecule has 0 heterocycles. The van der Waals surface area contributed by atoms with Gasteiger partial charge in [-0.25, -0.2) is 0 Å². The van der Waals surface area contributed by atoms with Crippen molar-refractivity contribution in [1.82, 2.24) is 0 Å². The number of ether oxygens (including phenoxy) is 12. The molecule has 0 fully saturated rings. The lowest BCUT2D eigenvalue weighted by Crippen LogP contribution is -2.15. The normalized spacial score (nSPS) is 12.3. The Kier molecular flexibility index (Phi) is 38.2. The summed E-state index contributed by atoms with van der Waals surface area (Å²) in [4.78, 5) is 0. The molecule has 0 aliphatic rings. The molecule has 1 N–H and O–H groups in total. The summed E-state index contributed by atoms with van der Waals surface area (Å²) in [5.41, 5.74) is 1.42. The van der Waals surface area contributed by atoms with Crippen molar-refractivity contribution in [2.45, 2.75) is 65.7 Å². The Morgan fingerprint density at radius 3 is 1.00 bits per heavy atom. The van der Waals surface area contributed by atoms with Crippen LogP contribution in [-0.2, 0) is 52.1 Å². The van der Waals surface area contributed by atoms with Crippen LogP contribution in [0.1, 0.15) is 71.3 Å². The van der Waals surface area contributed by atoms with E-state index in [1.807, 2.05) is 0 Å². The minimum absolute atomic E-state index is 0.0250. The monoisotopic (exact) mass is 791 g/mol. The molecular formula is C42H78O13. The molecule has 13 nitrogen and oxygen atoms in total. The molecule has 0 radical (unpaired) electrons. The third-order valence-corrected chi connectivity index (χ3v) is 8.14. The molecule has 55 heavy (non-hydrogen) atoms. The summed E-state index contributed by atoms with van der Waals surface area (Å²) < 4.78 is 66.0. The second-order valence-electron chi connectivity index (χ2n) is 13.9. The van der Waals surface area contributed by atoms with Gasteiger partial charge in [-0.2, -0.15) is 0 Å². The minimum Gasteiger partial charge on any atom is -0.491 e. The van der Waals surface area contributed by atoms with Crippen LogP contribution in [0.2, 0.25) is 0 Å². The molecule has 1 atom stereocenters. The van der Waals surface area contributed by atoms with E-state index in [-0.39, 0.29) is 6.61 Å². The van der Waals surface area contributed by atoms with Crippen LogP contribution >= 0.6 is 0 Å². The van der Waals surface area contributed by atoms with E-state index >= 15 is 0 Å². The zero-order valence-electron chi connectivity index (χ0n) is 34.9. The maximum Gasteiger partial charge on any atom is 0.119 e. The van der Waals surface area contributed by atoms with Crippen molar-refractivity contribution in [2.24, 2.45) is 11.8 Å². The van der Waals surface area contributed by atoms with Crippen LogP contribution in [-0.4, -0.2) is 164 Å². The third kappa shape index (κ3) is 36.6. The first kappa shape index (κ1) is 51.6. The van der Waals surface area contributed by atoms with Gasteiger partial charge >= 0.3 is 0 Å². The summed E-state index contributed by atoms with van der Waals surface area (Å²) in [6, 6.07) is 8.67. The lowest BCUT2D eigenvalue weighted by Gasteiger charge is -2.20. The molecule has 0 saturated carbocycles. The van der Waals surface area contributed by atoms with Gasteiger partial charge in [0.15, 0.2) is 0 Å². The summed E-state index contributed by atoms with van der Waals surface area (Å²) in [7, 11) is 0. The molecule has 324 valence electrons. The fourth-order valence-electron chi connectivity index (χ4n) is 5.35. The van der Waals surface area contributed by atoms with Gasteiger partial charge in [-0.05, 0) is 48.3 Å². The summed E-state index contributed by atoms with van der Waals surface area (Å²) >= 11 is 0. The van der Waals surface area contributed by atoms with Gasteiger partial charge in [0, 0.05) is 0 Å². The highest BCUT2D eigenvalue weighted by atomic mass is 16.6. The average Bonchev–Trinajstić information content (AvgIpc) is 3.17. The SMILES string of the molecule is CC(C)CCCC[C@@H](CC(C)C)c1ccc(OCCOCCOCCOCCOCCOCCOCCOCCOCCOCCOCCOCCO)cc1. The lowest BCUT2D eigenvalue weighted by atomic mass is 9.86.